The maximum Gasteiger partial charge on any atom is 0.275 e. The van der Waals surface area contributed by atoms with Gasteiger partial charge in [-0.15, -0.1) is 10.2 Å². The van der Waals surface area contributed by atoms with Gasteiger partial charge in [-0.3, -0.25) is 4.79 Å². The number of carbonyl (C=O) groups excluding carboxylic acids is 1. The first-order valence-electron chi connectivity index (χ1n) is 9.03. The first-order valence-corrected chi connectivity index (χ1v) is 9.82. The second-order valence-corrected chi connectivity index (χ2v) is 7.71. The number of halogens is 2. The highest BCUT2D eigenvalue weighted by atomic mass is 79.9. The summed E-state index contributed by atoms with van der Waals surface area (Å²) in [7, 11) is 0. The molecule has 0 radical (unpaired) electrons. The molecule has 146 valence electrons. The van der Waals surface area contributed by atoms with Gasteiger partial charge >= 0.3 is 0 Å². The molecular weight excluding hydrogens is 441 g/mol. The standard InChI is InChI=1S/C19H15BrFN7O/c1-11-17-23-24-18(14-3-2-6-22-16(14)21)27(17)8-7-26(11)19(29)15-9-13-5-4-12(20)10-28(13)25-15/h2-6,9-11H,7-8H2,1H3. The van der Waals surface area contributed by atoms with Gasteiger partial charge in [-0.2, -0.15) is 9.49 Å². The van der Waals surface area contributed by atoms with E-state index >= 15 is 0 Å². The topological polar surface area (TPSA) is 81.2 Å². The van der Waals surface area contributed by atoms with E-state index in [9.17, 15) is 9.18 Å². The summed E-state index contributed by atoms with van der Waals surface area (Å²) in [5.41, 5.74) is 1.49. The van der Waals surface area contributed by atoms with Crippen LogP contribution in [-0.4, -0.2) is 46.7 Å². The van der Waals surface area contributed by atoms with E-state index in [-0.39, 0.29) is 11.9 Å². The maximum absolute atomic E-state index is 14.1. The number of amides is 1. The van der Waals surface area contributed by atoms with E-state index in [4.69, 9.17) is 0 Å². The number of nitrogens with zero attached hydrogens (tertiary/aromatic N) is 7. The normalized spacial score (nSPS) is 16.2. The summed E-state index contributed by atoms with van der Waals surface area (Å²) in [6.45, 7) is 2.78. The summed E-state index contributed by atoms with van der Waals surface area (Å²) >= 11 is 3.40. The fraction of sp³-hybridized carbons (Fsp3) is 0.211. The molecule has 29 heavy (non-hydrogen) atoms. The highest BCUT2D eigenvalue weighted by Gasteiger charge is 2.33. The molecule has 0 saturated heterocycles. The van der Waals surface area contributed by atoms with Crippen LogP contribution in [0.2, 0.25) is 0 Å². The molecule has 5 rings (SSSR count). The van der Waals surface area contributed by atoms with Crippen LogP contribution < -0.4 is 0 Å². The van der Waals surface area contributed by atoms with Gasteiger partial charge in [0.05, 0.1) is 17.1 Å². The zero-order valence-corrected chi connectivity index (χ0v) is 16.9. The average molecular weight is 456 g/mol. The number of carbonyl (C=O) groups is 1. The Morgan fingerprint density at radius 1 is 1.24 bits per heavy atom. The molecule has 0 aromatic carbocycles. The van der Waals surface area contributed by atoms with Crippen molar-refractivity contribution in [3.05, 3.63) is 64.7 Å². The van der Waals surface area contributed by atoms with Crippen LogP contribution in [0.1, 0.15) is 29.3 Å². The molecule has 8 nitrogen and oxygen atoms in total. The Morgan fingerprint density at radius 2 is 2.10 bits per heavy atom. The van der Waals surface area contributed by atoms with Crippen LogP contribution in [0.3, 0.4) is 0 Å². The largest absolute Gasteiger partial charge is 0.325 e. The molecule has 1 aliphatic heterocycles. The van der Waals surface area contributed by atoms with Gasteiger partial charge in [0.25, 0.3) is 5.91 Å². The van der Waals surface area contributed by atoms with Crippen molar-refractivity contribution in [2.45, 2.75) is 19.5 Å². The number of fused-ring (bicyclic) bond motifs is 2. The second-order valence-electron chi connectivity index (χ2n) is 6.80. The molecule has 10 heteroatoms. The first kappa shape index (κ1) is 17.9. The van der Waals surface area contributed by atoms with E-state index in [0.717, 1.165) is 9.99 Å². The molecule has 0 fully saturated rings. The molecular formula is C19H15BrFN7O. The van der Waals surface area contributed by atoms with Crippen molar-refractivity contribution in [2.24, 2.45) is 0 Å². The van der Waals surface area contributed by atoms with Crippen molar-refractivity contribution in [1.82, 2.24) is 34.3 Å². The minimum absolute atomic E-state index is 0.180. The summed E-state index contributed by atoms with van der Waals surface area (Å²) in [6.07, 6.45) is 3.19. The van der Waals surface area contributed by atoms with E-state index < -0.39 is 5.95 Å². The number of rotatable bonds is 2. The van der Waals surface area contributed by atoms with E-state index in [1.165, 1.54) is 6.20 Å². The predicted octanol–water partition coefficient (Wildman–Crippen LogP) is 3.11. The third kappa shape index (κ3) is 2.91. The highest BCUT2D eigenvalue weighted by Crippen LogP contribution is 2.30. The van der Waals surface area contributed by atoms with Crippen molar-refractivity contribution < 1.29 is 9.18 Å². The van der Waals surface area contributed by atoms with E-state index in [1.807, 2.05) is 23.6 Å². The molecule has 0 spiro atoms. The molecule has 1 aliphatic rings. The zero-order valence-electron chi connectivity index (χ0n) is 15.3. The molecule has 5 heterocycles. The van der Waals surface area contributed by atoms with E-state index in [0.29, 0.717) is 36.0 Å². The van der Waals surface area contributed by atoms with Gasteiger partial charge in [0.2, 0.25) is 5.95 Å². The van der Waals surface area contributed by atoms with Gasteiger partial charge < -0.3 is 9.47 Å². The van der Waals surface area contributed by atoms with Gasteiger partial charge in [0, 0.05) is 30.0 Å². The van der Waals surface area contributed by atoms with E-state index in [1.54, 1.807) is 33.8 Å². The number of pyridine rings is 2. The Labute approximate surface area is 173 Å². The second kappa shape index (κ2) is 6.73. The third-order valence-corrected chi connectivity index (χ3v) is 5.56. The van der Waals surface area contributed by atoms with Gasteiger partial charge in [0.15, 0.2) is 17.3 Å². The van der Waals surface area contributed by atoms with Gasteiger partial charge in [-0.05, 0) is 53.2 Å². The molecule has 1 amide bonds. The van der Waals surface area contributed by atoms with Crippen LogP contribution in [0.4, 0.5) is 4.39 Å². The molecule has 0 saturated carbocycles. The molecule has 0 bridgehead atoms. The Balaban J connectivity index is 1.47. The smallest absolute Gasteiger partial charge is 0.275 e. The molecule has 0 N–H and O–H groups in total. The summed E-state index contributed by atoms with van der Waals surface area (Å²) in [5, 5.41) is 12.8. The highest BCUT2D eigenvalue weighted by molar-refractivity contribution is 9.10. The quantitative estimate of drug-likeness (QED) is 0.433. The van der Waals surface area contributed by atoms with Crippen molar-refractivity contribution in [1.29, 1.82) is 0 Å². The molecule has 1 unspecified atom stereocenters. The fourth-order valence-corrected chi connectivity index (χ4v) is 3.95. The Morgan fingerprint density at radius 3 is 2.93 bits per heavy atom. The summed E-state index contributed by atoms with van der Waals surface area (Å²) in [6, 6.07) is 8.50. The minimum Gasteiger partial charge on any atom is -0.325 e. The van der Waals surface area contributed by atoms with Crippen molar-refractivity contribution in [3.8, 4) is 11.4 Å². The van der Waals surface area contributed by atoms with Crippen LogP contribution in [0.15, 0.2) is 47.2 Å². The van der Waals surface area contributed by atoms with E-state index in [2.05, 4.69) is 36.2 Å². The first-order chi connectivity index (χ1) is 14.0. The van der Waals surface area contributed by atoms with Crippen LogP contribution in [0, 0.1) is 5.95 Å². The Kier molecular flexibility index (Phi) is 4.16. The lowest BCUT2D eigenvalue weighted by Crippen LogP contribution is -2.41. The maximum atomic E-state index is 14.1. The van der Waals surface area contributed by atoms with Crippen molar-refractivity contribution in [3.63, 3.8) is 0 Å². The SMILES string of the molecule is CC1c2nnc(-c3cccnc3F)n2CCN1C(=O)c1cc2ccc(Br)cn2n1. The zero-order chi connectivity index (χ0) is 20.1. The summed E-state index contributed by atoms with van der Waals surface area (Å²) < 4.78 is 18.5. The number of aromatic nitrogens is 6. The van der Waals surface area contributed by atoms with Crippen LogP contribution in [0.5, 0.6) is 0 Å². The molecule has 1 atom stereocenters. The lowest BCUT2D eigenvalue weighted by Gasteiger charge is -2.33. The van der Waals surface area contributed by atoms with Crippen molar-refractivity contribution in [2.75, 3.05) is 6.54 Å². The minimum atomic E-state index is -0.593. The van der Waals surface area contributed by atoms with Crippen LogP contribution in [-0.2, 0) is 6.54 Å². The monoisotopic (exact) mass is 455 g/mol. The van der Waals surface area contributed by atoms with Gasteiger partial charge in [-0.25, -0.2) is 9.50 Å². The van der Waals surface area contributed by atoms with Gasteiger partial charge in [0.1, 0.15) is 0 Å². The summed E-state index contributed by atoms with van der Waals surface area (Å²) in [5.74, 6) is 0.252. The number of hydrogen-bond acceptors (Lipinski definition) is 5. The predicted molar refractivity (Wildman–Crippen MR) is 106 cm³/mol. The molecule has 4 aromatic rings. The van der Waals surface area contributed by atoms with Crippen LogP contribution >= 0.6 is 15.9 Å². The fourth-order valence-electron chi connectivity index (χ4n) is 3.63. The van der Waals surface area contributed by atoms with Gasteiger partial charge in [-0.1, -0.05) is 0 Å². The molecule has 0 aliphatic carbocycles. The average Bonchev–Trinajstić information content (AvgIpc) is 3.32. The van der Waals surface area contributed by atoms with Crippen LogP contribution in [0.25, 0.3) is 16.9 Å². The molecule has 4 aromatic heterocycles. The summed E-state index contributed by atoms with van der Waals surface area (Å²) in [4.78, 5) is 18.5. The number of hydrogen-bond donors (Lipinski definition) is 0. The Bertz CT molecular complexity index is 1250. The third-order valence-electron chi connectivity index (χ3n) is 5.09. The lowest BCUT2D eigenvalue weighted by atomic mass is 10.1. The Hall–Kier alpha value is -3.14. The lowest BCUT2D eigenvalue weighted by molar-refractivity contribution is 0.0632. The van der Waals surface area contributed by atoms with Crippen molar-refractivity contribution >= 4 is 27.4 Å².